The number of hydrogen-bond acceptors (Lipinski definition) is 3. The molecule has 0 saturated carbocycles. The number of methoxy groups -OCH3 is 1. The van der Waals surface area contributed by atoms with Crippen molar-refractivity contribution in [2.24, 2.45) is 0 Å². The van der Waals surface area contributed by atoms with Crippen LogP contribution in [0.4, 0.5) is 0 Å². The summed E-state index contributed by atoms with van der Waals surface area (Å²) in [6.45, 7) is 3.59. The van der Waals surface area contributed by atoms with E-state index in [4.69, 9.17) is 14.2 Å². The van der Waals surface area contributed by atoms with Crippen LogP contribution in [-0.4, -0.2) is 26.9 Å². The average molecular weight is 220 g/mol. The van der Waals surface area contributed by atoms with Crippen LogP contribution in [0.1, 0.15) is 12.5 Å². The average Bonchev–Trinajstić information content (AvgIpc) is 2.31. The van der Waals surface area contributed by atoms with Crippen molar-refractivity contribution in [1.82, 2.24) is 0 Å². The minimum absolute atomic E-state index is 0.473. The van der Waals surface area contributed by atoms with E-state index in [0.717, 1.165) is 11.3 Å². The lowest BCUT2D eigenvalue weighted by atomic mass is 10.2. The van der Waals surface area contributed by atoms with Crippen molar-refractivity contribution in [2.45, 2.75) is 6.92 Å². The Balaban J connectivity index is 2.57. The van der Waals surface area contributed by atoms with Gasteiger partial charge in [0.2, 0.25) is 0 Å². The molecule has 1 aromatic carbocycles. The summed E-state index contributed by atoms with van der Waals surface area (Å²) in [5.74, 6) is 3.69. The largest absolute Gasteiger partial charge is 0.493 e. The van der Waals surface area contributed by atoms with Gasteiger partial charge in [0.05, 0.1) is 18.8 Å². The normalized spacial score (nSPS) is 9.12. The first kappa shape index (κ1) is 12.4. The Bertz CT molecular complexity index is 363. The summed E-state index contributed by atoms with van der Waals surface area (Å²) >= 11 is 0. The molecule has 0 fully saturated rings. The van der Waals surface area contributed by atoms with Crippen molar-refractivity contribution >= 4 is 0 Å². The molecular formula is C13H16O3. The molecule has 0 bridgehead atoms. The maximum absolute atomic E-state index is 5.43. The molecule has 0 aliphatic rings. The zero-order valence-corrected chi connectivity index (χ0v) is 9.66. The lowest BCUT2D eigenvalue weighted by Crippen LogP contribution is -1.97. The topological polar surface area (TPSA) is 27.7 Å². The van der Waals surface area contributed by atoms with E-state index >= 15 is 0 Å². The Labute approximate surface area is 96.3 Å². The SMILES string of the molecule is CCOc1ccccc1C#COCCOC. The van der Waals surface area contributed by atoms with Crippen molar-refractivity contribution in [1.29, 1.82) is 0 Å². The number of hydrogen-bond donors (Lipinski definition) is 0. The molecular weight excluding hydrogens is 204 g/mol. The van der Waals surface area contributed by atoms with Gasteiger partial charge in [-0.1, -0.05) is 12.1 Å². The van der Waals surface area contributed by atoms with Gasteiger partial charge in [-0.2, -0.15) is 0 Å². The van der Waals surface area contributed by atoms with Crippen molar-refractivity contribution in [2.75, 3.05) is 26.9 Å². The quantitative estimate of drug-likeness (QED) is 0.561. The minimum Gasteiger partial charge on any atom is -0.493 e. The number of ether oxygens (including phenoxy) is 3. The molecule has 0 heterocycles. The Hall–Kier alpha value is -1.66. The lowest BCUT2D eigenvalue weighted by Gasteiger charge is -2.04. The molecule has 0 saturated heterocycles. The van der Waals surface area contributed by atoms with Gasteiger partial charge < -0.3 is 14.2 Å². The molecule has 1 aromatic rings. The van der Waals surface area contributed by atoms with Gasteiger partial charge in [0.1, 0.15) is 18.5 Å². The second-order valence-electron chi connectivity index (χ2n) is 3.00. The highest BCUT2D eigenvalue weighted by Crippen LogP contribution is 2.16. The van der Waals surface area contributed by atoms with Crippen LogP contribution in [-0.2, 0) is 9.47 Å². The van der Waals surface area contributed by atoms with Gasteiger partial charge in [-0.05, 0) is 25.0 Å². The molecule has 0 radical (unpaired) electrons. The fourth-order valence-electron chi connectivity index (χ4n) is 1.12. The molecule has 0 N–H and O–H groups in total. The number of para-hydroxylation sites is 1. The van der Waals surface area contributed by atoms with Gasteiger partial charge in [0.15, 0.2) is 0 Å². The highest BCUT2D eigenvalue weighted by molar-refractivity contribution is 5.45. The van der Waals surface area contributed by atoms with Gasteiger partial charge >= 0.3 is 0 Å². The second kappa shape index (κ2) is 7.61. The van der Waals surface area contributed by atoms with Crippen molar-refractivity contribution in [3.63, 3.8) is 0 Å². The fourth-order valence-corrected chi connectivity index (χ4v) is 1.12. The first-order valence-electron chi connectivity index (χ1n) is 5.22. The number of benzene rings is 1. The molecule has 1 rings (SSSR count). The zero-order chi connectivity index (χ0) is 11.6. The Morgan fingerprint density at radius 3 is 2.75 bits per heavy atom. The fraction of sp³-hybridized carbons (Fsp3) is 0.385. The summed E-state index contributed by atoms with van der Waals surface area (Å²) in [6.07, 6.45) is 2.63. The number of rotatable bonds is 5. The minimum atomic E-state index is 0.473. The summed E-state index contributed by atoms with van der Waals surface area (Å²) < 4.78 is 15.3. The molecule has 3 nitrogen and oxygen atoms in total. The standard InChI is InChI=1S/C13H16O3/c1-3-16-13-7-5-4-6-12(13)8-9-15-11-10-14-2/h4-7H,3,10-11H2,1-2H3. The third kappa shape index (κ3) is 4.24. The molecule has 3 heteroatoms. The van der Waals surface area contributed by atoms with Gasteiger partial charge in [0.25, 0.3) is 0 Å². The van der Waals surface area contributed by atoms with E-state index in [1.165, 1.54) is 0 Å². The van der Waals surface area contributed by atoms with Crippen LogP contribution in [0.25, 0.3) is 0 Å². The van der Waals surface area contributed by atoms with Gasteiger partial charge in [0, 0.05) is 7.11 Å². The molecule has 0 spiro atoms. The van der Waals surface area contributed by atoms with Crippen LogP contribution in [0.5, 0.6) is 5.75 Å². The summed E-state index contributed by atoms with van der Waals surface area (Å²) in [4.78, 5) is 0. The van der Waals surface area contributed by atoms with Gasteiger partial charge in [-0.25, -0.2) is 0 Å². The first-order chi connectivity index (χ1) is 7.88. The van der Waals surface area contributed by atoms with Crippen LogP contribution in [0.2, 0.25) is 0 Å². The third-order valence-corrected chi connectivity index (χ3v) is 1.83. The maximum Gasteiger partial charge on any atom is 0.135 e. The zero-order valence-electron chi connectivity index (χ0n) is 9.66. The van der Waals surface area contributed by atoms with Crippen molar-refractivity contribution < 1.29 is 14.2 Å². The molecule has 0 aliphatic carbocycles. The van der Waals surface area contributed by atoms with E-state index in [9.17, 15) is 0 Å². The summed E-state index contributed by atoms with van der Waals surface area (Å²) in [5.41, 5.74) is 0.835. The van der Waals surface area contributed by atoms with Crippen LogP contribution >= 0.6 is 0 Å². The highest BCUT2D eigenvalue weighted by Gasteiger charge is 1.97. The van der Waals surface area contributed by atoms with Crippen LogP contribution in [0, 0.1) is 12.0 Å². The Morgan fingerprint density at radius 2 is 2.00 bits per heavy atom. The Morgan fingerprint density at radius 1 is 1.19 bits per heavy atom. The van der Waals surface area contributed by atoms with Gasteiger partial charge in [-0.3, -0.25) is 0 Å². The van der Waals surface area contributed by atoms with E-state index in [-0.39, 0.29) is 0 Å². The van der Waals surface area contributed by atoms with Crippen molar-refractivity contribution in [3.05, 3.63) is 29.8 Å². The molecule has 0 aromatic heterocycles. The Kier molecular flexibility index (Phi) is 5.90. The molecule has 86 valence electrons. The van der Waals surface area contributed by atoms with E-state index in [2.05, 4.69) is 12.0 Å². The molecule has 0 unspecified atom stereocenters. The van der Waals surface area contributed by atoms with E-state index in [1.807, 2.05) is 31.2 Å². The lowest BCUT2D eigenvalue weighted by molar-refractivity contribution is 0.133. The van der Waals surface area contributed by atoms with Gasteiger partial charge in [-0.15, -0.1) is 0 Å². The molecule has 16 heavy (non-hydrogen) atoms. The van der Waals surface area contributed by atoms with E-state index in [1.54, 1.807) is 7.11 Å². The van der Waals surface area contributed by atoms with Crippen molar-refractivity contribution in [3.8, 4) is 17.8 Å². The molecule has 0 aliphatic heterocycles. The summed E-state index contributed by atoms with van der Waals surface area (Å²) in [7, 11) is 1.63. The van der Waals surface area contributed by atoms with E-state index in [0.29, 0.717) is 19.8 Å². The first-order valence-corrected chi connectivity index (χ1v) is 5.22. The van der Waals surface area contributed by atoms with Crippen LogP contribution in [0.15, 0.2) is 24.3 Å². The second-order valence-corrected chi connectivity index (χ2v) is 3.00. The molecule has 0 atom stereocenters. The smallest absolute Gasteiger partial charge is 0.135 e. The highest BCUT2D eigenvalue weighted by atomic mass is 16.5. The van der Waals surface area contributed by atoms with Crippen LogP contribution < -0.4 is 4.74 Å². The predicted octanol–water partition coefficient (Wildman–Crippen LogP) is 2.06. The molecule has 0 amide bonds. The summed E-state index contributed by atoms with van der Waals surface area (Å²) in [6, 6.07) is 7.63. The monoisotopic (exact) mass is 220 g/mol. The van der Waals surface area contributed by atoms with Crippen LogP contribution in [0.3, 0.4) is 0 Å². The van der Waals surface area contributed by atoms with E-state index < -0.39 is 0 Å². The maximum atomic E-state index is 5.43. The predicted molar refractivity (Wildman–Crippen MR) is 62.3 cm³/mol. The summed E-state index contributed by atoms with van der Waals surface area (Å²) in [5, 5.41) is 0. The third-order valence-electron chi connectivity index (χ3n) is 1.83.